The Morgan fingerprint density at radius 1 is 1.19 bits per heavy atom. The predicted molar refractivity (Wildman–Crippen MR) is 83.2 cm³/mol. The molecule has 3 N–H and O–H groups in total. The molecule has 0 radical (unpaired) electrons. The molecule has 1 aromatic rings. The van der Waals surface area contributed by atoms with Gasteiger partial charge in [-0.05, 0) is 49.8 Å². The zero-order valence-corrected chi connectivity index (χ0v) is 12.4. The van der Waals surface area contributed by atoms with Crippen molar-refractivity contribution < 1.29 is 9.90 Å². The first-order valence-electron chi connectivity index (χ1n) is 8.04. The number of hydrogen-bond donors (Lipinski definition) is 2. The summed E-state index contributed by atoms with van der Waals surface area (Å²) in [7, 11) is 0. The molecule has 0 saturated heterocycles. The fourth-order valence-electron chi connectivity index (χ4n) is 3.32. The summed E-state index contributed by atoms with van der Waals surface area (Å²) >= 11 is 0. The number of phenols is 1. The van der Waals surface area contributed by atoms with Gasteiger partial charge >= 0.3 is 0 Å². The topological polar surface area (TPSA) is 66.6 Å². The molecule has 4 nitrogen and oxygen atoms in total. The van der Waals surface area contributed by atoms with Crippen molar-refractivity contribution in [3.8, 4) is 5.75 Å². The Labute approximate surface area is 125 Å². The van der Waals surface area contributed by atoms with Gasteiger partial charge in [0.05, 0.1) is 5.56 Å². The standard InChI is InChI=1S/C17H24N2O2/c18-16-9-8-14(20)10-15(16)17(21)19(13-6-7-13)11-12-4-2-1-3-5-12/h8-10,12-13,20H,1-7,11,18H2. The third kappa shape index (κ3) is 3.31. The number of carbonyl (C=O) groups excluding carboxylic acids is 1. The minimum atomic E-state index is -0.0172. The molecular formula is C17H24N2O2. The minimum Gasteiger partial charge on any atom is -0.508 e. The van der Waals surface area contributed by atoms with Crippen LogP contribution >= 0.6 is 0 Å². The Morgan fingerprint density at radius 2 is 1.90 bits per heavy atom. The summed E-state index contributed by atoms with van der Waals surface area (Å²) < 4.78 is 0. The van der Waals surface area contributed by atoms with Crippen molar-refractivity contribution in [3.63, 3.8) is 0 Å². The van der Waals surface area contributed by atoms with Gasteiger partial charge in [-0.15, -0.1) is 0 Å². The minimum absolute atomic E-state index is 0.0172. The summed E-state index contributed by atoms with van der Waals surface area (Å²) in [5, 5.41) is 9.62. The first kappa shape index (κ1) is 14.2. The van der Waals surface area contributed by atoms with Crippen molar-refractivity contribution in [1.29, 1.82) is 0 Å². The van der Waals surface area contributed by atoms with Crippen LogP contribution in [0.2, 0.25) is 0 Å². The molecule has 1 amide bonds. The maximum absolute atomic E-state index is 12.8. The summed E-state index contributed by atoms with van der Waals surface area (Å²) in [5.74, 6) is 0.708. The number of amides is 1. The van der Waals surface area contributed by atoms with Gasteiger partial charge in [0.1, 0.15) is 5.75 Å². The van der Waals surface area contributed by atoms with E-state index in [1.54, 1.807) is 6.07 Å². The SMILES string of the molecule is Nc1ccc(O)cc1C(=O)N(CC1CCCCC1)C1CC1. The van der Waals surface area contributed by atoms with E-state index < -0.39 is 0 Å². The summed E-state index contributed by atoms with van der Waals surface area (Å²) in [4.78, 5) is 14.8. The predicted octanol–water partition coefficient (Wildman–Crippen LogP) is 3.16. The van der Waals surface area contributed by atoms with Crippen LogP contribution in [0, 0.1) is 5.92 Å². The molecule has 0 bridgehead atoms. The Hall–Kier alpha value is -1.71. The van der Waals surface area contributed by atoms with Gasteiger partial charge in [-0.2, -0.15) is 0 Å². The molecule has 21 heavy (non-hydrogen) atoms. The number of benzene rings is 1. The van der Waals surface area contributed by atoms with Crippen LogP contribution in [-0.4, -0.2) is 28.5 Å². The normalized spacial score (nSPS) is 19.4. The number of hydrogen-bond acceptors (Lipinski definition) is 3. The zero-order valence-electron chi connectivity index (χ0n) is 12.4. The molecule has 2 fully saturated rings. The fraction of sp³-hybridized carbons (Fsp3) is 0.588. The highest BCUT2D eigenvalue weighted by atomic mass is 16.3. The highest BCUT2D eigenvalue weighted by Gasteiger charge is 2.35. The highest BCUT2D eigenvalue weighted by Crippen LogP contribution is 2.33. The van der Waals surface area contributed by atoms with Crippen molar-refractivity contribution in [2.45, 2.75) is 51.0 Å². The monoisotopic (exact) mass is 288 g/mol. The van der Waals surface area contributed by atoms with Crippen LogP contribution in [0.3, 0.4) is 0 Å². The maximum Gasteiger partial charge on any atom is 0.256 e. The number of aromatic hydroxyl groups is 1. The van der Waals surface area contributed by atoms with E-state index in [4.69, 9.17) is 5.73 Å². The summed E-state index contributed by atoms with van der Waals surface area (Å²) in [6.45, 7) is 0.846. The van der Waals surface area contributed by atoms with Crippen LogP contribution in [0.1, 0.15) is 55.3 Å². The molecule has 1 aromatic carbocycles. The number of phenolic OH excluding ortho intramolecular Hbond substituents is 1. The van der Waals surface area contributed by atoms with Crippen LogP contribution in [-0.2, 0) is 0 Å². The van der Waals surface area contributed by atoms with Crippen LogP contribution in [0.15, 0.2) is 18.2 Å². The van der Waals surface area contributed by atoms with Crippen molar-refractivity contribution in [1.82, 2.24) is 4.90 Å². The van der Waals surface area contributed by atoms with E-state index in [9.17, 15) is 9.90 Å². The molecular weight excluding hydrogens is 264 g/mol. The second-order valence-electron chi connectivity index (χ2n) is 6.46. The van der Waals surface area contributed by atoms with Crippen molar-refractivity contribution in [2.24, 2.45) is 5.92 Å². The van der Waals surface area contributed by atoms with Crippen LogP contribution < -0.4 is 5.73 Å². The van der Waals surface area contributed by atoms with Crippen molar-refractivity contribution >= 4 is 11.6 Å². The quantitative estimate of drug-likeness (QED) is 0.660. The van der Waals surface area contributed by atoms with Crippen LogP contribution in [0.25, 0.3) is 0 Å². The van der Waals surface area contributed by atoms with Crippen LogP contribution in [0.5, 0.6) is 5.75 Å². The van der Waals surface area contributed by atoms with Gasteiger partial charge in [0.2, 0.25) is 0 Å². The zero-order chi connectivity index (χ0) is 14.8. The molecule has 0 unspecified atom stereocenters. The van der Waals surface area contributed by atoms with E-state index >= 15 is 0 Å². The molecule has 0 aliphatic heterocycles. The molecule has 4 heteroatoms. The number of nitrogens with zero attached hydrogens (tertiary/aromatic N) is 1. The molecule has 3 rings (SSSR count). The van der Waals surface area contributed by atoms with E-state index in [0.29, 0.717) is 23.2 Å². The molecule has 0 aromatic heterocycles. The van der Waals surface area contributed by atoms with Crippen molar-refractivity contribution in [3.05, 3.63) is 23.8 Å². The largest absolute Gasteiger partial charge is 0.508 e. The third-order valence-electron chi connectivity index (χ3n) is 4.70. The van der Waals surface area contributed by atoms with Gasteiger partial charge in [0, 0.05) is 18.3 Å². The molecule has 0 spiro atoms. The average Bonchev–Trinajstić information content (AvgIpc) is 3.32. The Morgan fingerprint density at radius 3 is 2.57 bits per heavy atom. The molecule has 2 saturated carbocycles. The summed E-state index contributed by atoms with van der Waals surface area (Å²) in [5.41, 5.74) is 6.82. The Kier molecular flexibility index (Phi) is 4.04. The number of carbonyl (C=O) groups is 1. The highest BCUT2D eigenvalue weighted by molar-refractivity contribution is 5.99. The van der Waals surface area contributed by atoms with Gasteiger partial charge in [0.15, 0.2) is 0 Å². The molecule has 114 valence electrons. The molecule has 2 aliphatic rings. The summed E-state index contributed by atoms with van der Waals surface area (Å²) in [6, 6.07) is 5.00. The second-order valence-corrected chi connectivity index (χ2v) is 6.46. The van der Waals surface area contributed by atoms with Crippen molar-refractivity contribution in [2.75, 3.05) is 12.3 Å². The van der Waals surface area contributed by atoms with E-state index in [-0.39, 0.29) is 11.7 Å². The molecule has 2 aliphatic carbocycles. The van der Waals surface area contributed by atoms with Gasteiger partial charge < -0.3 is 15.7 Å². The Bertz CT molecular complexity index is 520. The van der Waals surface area contributed by atoms with Crippen LogP contribution in [0.4, 0.5) is 5.69 Å². The number of anilines is 1. The first-order valence-corrected chi connectivity index (χ1v) is 8.04. The van der Waals surface area contributed by atoms with E-state index in [1.807, 2.05) is 4.90 Å². The van der Waals surface area contributed by atoms with E-state index in [2.05, 4.69) is 0 Å². The van der Waals surface area contributed by atoms with E-state index in [1.165, 1.54) is 44.2 Å². The number of nitrogens with two attached hydrogens (primary N) is 1. The van der Waals surface area contributed by atoms with E-state index in [0.717, 1.165) is 19.4 Å². The Balaban J connectivity index is 1.76. The lowest BCUT2D eigenvalue weighted by atomic mass is 9.88. The maximum atomic E-state index is 12.8. The number of nitrogen functional groups attached to an aromatic ring is 1. The lowest BCUT2D eigenvalue weighted by molar-refractivity contribution is 0.0699. The summed E-state index contributed by atoms with van der Waals surface area (Å²) in [6.07, 6.45) is 8.54. The smallest absolute Gasteiger partial charge is 0.256 e. The molecule has 0 heterocycles. The lowest BCUT2D eigenvalue weighted by Crippen LogP contribution is -2.38. The molecule has 0 atom stereocenters. The first-order chi connectivity index (χ1) is 10.1. The van der Waals surface area contributed by atoms with Gasteiger partial charge in [-0.3, -0.25) is 4.79 Å². The average molecular weight is 288 g/mol. The second kappa shape index (κ2) is 5.96. The van der Waals surface area contributed by atoms with Gasteiger partial charge in [-0.1, -0.05) is 19.3 Å². The lowest BCUT2D eigenvalue weighted by Gasteiger charge is -2.30. The fourth-order valence-corrected chi connectivity index (χ4v) is 3.32. The van der Waals surface area contributed by atoms with Gasteiger partial charge in [-0.25, -0.2) is 0 Å². The van der Waals surface area contributed by atoms with Gasteiger partial charge in [0.25, 0.3) is 5.91 Å². The third-order valence-corrected chi connectivity index (χ3v) is 4.70. The number of rotatable bonds is 4.